The van der Waals surface area contributed by atoms with Gasteiger partial charge in [-0.15, -0.1) is 0 Å². The number of benzene rings is 4. The zero-order valence-electron chi connectivity index (χ0n) is 31.7. The lowest BCUT2D eigenvalue weighted by atomic mass is 9.92. The Morgan fingerprint density at radius 2 is 1.09 bits per heavy atom. The number of nitrogens with zero attached hydrogens (tertiary/aromatic N) is 2. The van der Waals surface area contributed by atoms with Crippen LogP contribution in [-0.4, -0.2) is 56.9 Å². The van der Waals surface area contributed by atoms with E-state index in [4.69, 9.17) is 14.2 Å². The first-order chi connectivity index (χ1) is 27.4. The molecule has 4 aromatic carbocycles. The highest BCUT2D eigenvalue weighted by Crippen LogP contribution is 2.47. The van der Waals surface area contributed by atoms with Gasteiger partial charge in [-0.25, -0.2) is 9.59 Å². The molecule has 16 heteroatoms. The molecule has 0 bridgehead atoms. The van der Waals surface area contributed by atoms with E-state index >= 15 is 0 Å². The summed E-state index contributed by atoms with van der Waals surface area (Å²) in [4.78, 5) is 23.8. The molecule has 0 aliphatic heterocycles. The van der Waals surface area contributed by atoms with Crippen LogP contribution in [0.3, 0.4) is 0 Å². The molecule has 0 spiro atoms. The molecule has 58 heavy (non-hydrogen) atoms. The van der Waals surface area contributed by atoms with Crippen LogP contribution in [0.2, 0.25) is 0 Å². The number of rotatable bonds is 13. The van der Waals surface area contributed by atoms with Crippen molar-refractivity contribution in [2.45, 2.75) is 50.6 Å². The molecular formula is C42H40F6N2O8. The fourth-order valence-corrected chi connectivity index (χ4v) is 6.40. The number of aliphatic carboxylic acids is 1. The summed E-state index contributed by atoms with van der Waals surface area (Å²) in [5, 5.41) is 20.1. The number of aliphatic hydroxyl groups is 1. The molecule has 0 fully saturated rings. The first-order valence-corrected chi connectivity index (χ1v) is 17.8. The van der Waals surface area contributed by atoms with Crippen LogP contribution in [0, 0.1) is 0 Å². The summed E-state index contributed by atoms with van der Waals surface area (Å²) in [7, 11) is 3.07. The second kappa shape index (κ2) is 17.2. The van der Waals surface area contributed by atoms with E-state index in [1.807, 2.05) is 60.7 Å². The Balaban J connectivity index is 0.000000221. The summed E-state index contributed by atoms with van der Waals surface area (Å²) >= 11 is 0. The molecular weight excluding hydrogens is 774 g/mol. The van der Waals surface area contributed by atoms with Crippen molar-refractivity contribution in [1.29, 1.82) is 0 Å². The minimum atomic E-state index is -5.25. The second-order valence-electron chi connectivity index (χ2n) is 13.1. The molecule has 0 amide bonds. The number of halogens is 6. The van der Waals surface area contributed by atoms with E-state index in [0.717, 1.165) is 23.5 Å². The number of aryl methyl sites for hydroxylation is 2. The van der Waals surface area contributed by atoms with E-state index in [0.29, 0.717) is 35.7 Å². The maximum atomic E-state index is 13.9. The van der Waals surface area contributed by atoms with Crippen molar-refractivity contribution in [3.8, 4) is 11.5 Å². The van der Waals surface area contributed by atoms with Crippen molar-refractivity contribution in [2.75, 3.05) is 13.2 Å². The predicted molar refractivity (Wildman–Crippen MR) is 201 cm³/mol. The zero-order chi connectivity index (χ0) is 42.5. The number of hydrogen-bond acceptors (Lipinski definition) is 7. The fourth-order valence-electron chi connectivity index (χ4n) is 6.40. The summed E-state index contributed by atoms with van der Waals surface area (Å²) in [6.45, 7) is 2.57. The summed E-state index contributed by atoms with van der Waals surface area (Å²) < 4.78 is 106. The van der Waals surface area contributed by atoms with E-state index in [-0.39, 0.29) is 17.4 Å². The van der Waals surface area contributed by atoms with Crippen molar-refractivity contribution in [1.82, 2.24) is 9.13 Å². The van der Waals surface area contributed by atoms with Gasteiger partial charge in [0.2, 0.25) is 0 Å². The van der Waals surface area contributed by atoms with Crippen LogP contribution in [-0.2, 0) is 57.6 Å². The highest BCUT2D eigenvalue weighted by atomic mass is 19.4. The topological polar surface area (TPSA) is 121 Å². The number of alkyl halides is 6. The van der Waals surface area contributed by atoms with Gasteiger partial charge in [0.05, 0.1) is 17.6 Å². The van der Waals surface area contributed by atoms with Gasteiger partial charge in [-0.2, -0.15) is 26.3 Å². The van der Waals surface area contributed by atoms with Gasteiger partial charge in [-0.1, -0.05) is 60.7 Å². The molecule has 2 aromatic heterocycles. The zero-order valence-corrected chi connectivity index (χ0v) is 31.7. The Morgan fingerprint density at radius 3 is 1.48 bits per heavy atom. The largest absolute Gasteiger partial charge is 0.489 e. The Bertz CT molecular complexity index is 2360. The molecule has 2 heterocycles. The van der Waals surface area contributed by atoms with Gasteiger partial charge in [0, 0.05) is 67.1 Å². The van der Waals surface area contributed by atoms with Crippen LogP contribution in [0.5, 0.6) is 11.5 Å². The van der Waals surface area contributed by atoms with E-state index < -0.39 is 53.2 Å². The first kappa shape index (κ1) is 43.1. The molecule has 0 aliphatic rings. The molecule has 6 rings (SSSR count). The Kier molecular flexibility index (Phi) is 12.8. The van der Waals surface area contributed by atoms with E-state index in [2.05, 4.69) is 4.74 Å². The number of carboxylic acids is 1. The van der Waals surface area contributed by atoms with Gasteiger partial charge in [0.1, 0.15) is 24.7 Å². The average molecular weight is 815 g/mol. The van der Waals surface area contributed by atoms with Crippen molar-refractivity contribution in [3.05, 3.63) is 132 Å². The van der Waals surface area contributed by atoms with Crippen LogP contribution in [0.4, 0.5) is 26.3 Å². The van der Waals surface area contributed by atoms with Gasteiger partial charge in [-0.05, 0) is 49.2 Å². The van der Waals surface area contributed by atoms with Gasteiger partial charge in [-0.3, -0.25) is 0 Å². The molecule has 0 saturated heterocycles. The van der Waals surface area contributed by atoms with Crippen LogP contribution in [0.25, 0.3) is 21.8 Å². The second-order valence-corrected chi connectivity index (χ2v) is 13.1. The molecule has 6 aromatic rings. The van der Waals surface area contributed by atoms with Crippen LogP contribution in [0.15, 0.2) is 109 Å². The number of fused-ring (bicyclic) bond motifs is 2. The van der Waals surface area contributed by atoms with Crippen LogP contribution < -0.4 is 9.47 Å². The highest BCUT2D eigenvalue weighted by molar-refractivity contribution is 5.94. The molecule has 0 saturated carbocycles. The lowest BCUT2D eigenvalue weighted by Gasteiger charge is -2.31. The summed E-state index contributed by atoms with van der Waals surface area (Å²) in [6, 6.07) is 27.8. The van der Waals surface area contributed by atoms with Gasteiger partial charge < -0.3 is 38.3 Å². The number of ether oxygens (including phenoxy) is 4. The van der Waals surface area contributed by atoms with Crippen LogP contribution >= 0.6 is 0 Å². The van der Waals surface area contributed by atoms with Crippen molar-refractivity contribution in [3.63, 3.8) is 0 Å². The van der Waals surface area contributed by atoms with Crippen molar-refractivity contribution >= 4 is 33.7 Å². The lowest BCUT2D eigenvalue weighted by Crippen LogP contribution is -2.51. The van der Waals surface area contributed by atoms with Crippen LogP contribution in [0.1, 0.15) is 36.1 Å². The van der Waals surface area contributed by atoms with E-state index in [1.54, 1.807) is 19.2 Å². The minimum absolute atomic E-state index is 0.0763. The number of carbonyl (C=O) groups excluding carboxylic acids is 1. The Hall–Kier alpha value is -6.00. The van der Waals surface area contributed by atoms with Gasteiger partial charge in [0.15, 0.2) is 0 Å². The number of esters is 1. The minimum Gasteiger partial charge on any atom is -0.489 e. The summed E-state index contributed by atoms with van der Waals surface area (Å²) in [6.07, 6.45) is -8.18. The maximum Gasteiger partial charge on any atom is 0.432 e. The SMILES string of the molecule is CCOC(=O)C(O)(c1cn(C)c2cc(OCc3ccccc3)ccc12)C(F)(F)F.CCOC(C(=O)O)(c1cn(C)c2cc(OCc3ccccc3)ccc12)C(F)(F)F. The number of hydrogen-bond donors (Lipinski definition) is 2. The first-order valence-electron chi connectivity index (χ1n) is 17.8. The number of carboxylic acid groups (broad SMARTS) is 1. The molecule has 0 radical (unpaired) electrons. The molecule has 2 N–H and O–H groups in total. The quantitative estimate of drug-likeness (QED) is 0.0878. The average Bonchev–Trinajstić information content (AvgIpc) is 3.70. The standard InChI is InChI=1S/2C21H20F3NO4/c1-3-28-19(26)20(27,21(22,23)24)17-12-25(2)18-11-15(9-10-16(17)18)29-13-14-7-5-4-6-8-14;1-3-29-20(19(26)27,21(22,23)24)17-12-25(2)18-11-15(9-10-16(17)18)28-13-14-7-5-4-6-8-14/h4-12,27H,3,13H2,1-2H3;4-12H,3,13H2,1-2H3,(H,26,27). The molecule has 2 atom stereocenters. The Labute approximate surface area is 328 Å². The van der Waals surface area contributed by atoms with E-state index in [9.17, 15) is 46.1 Å². The monoisotopic (exact) mass is 814 g/mol. The fraction of sp³-hybridized carbons (Fsp3) is 0.286. The molecule has 10 nitrogen and oxygen atoms in total. The third kappa shape index (κ3) is 8.48. The molecule has 2 unspecified atom stereocenters. The van der Waals surface area contributed by atoms with Gasteiger partial charge in [0.25, 0.3) is 11.2 Å². The van der Waals surface area contributed by atoms with Gasteiger partial charge >= 0.3 is 24.3 Å². The Morgan fingerprint density at radius 1 is 0.638 bits per heavy atom. The lowest BCUT2D eigenvalue weighted by molar-refractivity contribution is -0.279. The predicted octanol–water partition coefficient (Wildman–Crippen LogP) is 8.71. The number of carbonyl (C=O) groups is 2. The smallest absolute Gasteiger partial charge is 0.432 e. The van der Waals surface area contributed by atoms with Crippen molar-refractivity contribution in [2.24, 2.45) is 14.1 Å². The van der Waals surface area contributed by atoms with Crippen molar-refractivity contribution < 1.29 is 65.1 Å². The van der Waals surface area contributed by atoms with E-state index in [1.165, 1.54) is 54.3 Å². The highest BCUT2D eigenvalue weighted by Gasteiger charge is 2.65. The third-order valence-electron chi connectivity index (χ3n) is 9.23. The maximum absolute atomic E-state index is 13.9. The third-order valence-corrected chi connectivity index (χ3v) is 9.23. The normalized spacial score (nSPS) is 13.9. The molecule has 308 valence electrons. The number of aromatic nitrogens is 2. The summed E-state index contributed by atoms with van der Waals surface area (Å²) in [5.74, 6) is -2.97. The summed E-state index contributed by atoms with van der Waals surface area (Å²) in [5.41, 5.74) is -5.62. The molecule has 0 aliphatic carbocycles.